The number of nitriles is 3. The van der Waals surface area contributed by atoms with Gasteiger partial charge in [0.15, 0.2) is 26.9 Å². The fraction of sp³-hybridized carbons (Fsp3) is 0.0357. The maximum atomic E-state index is 12.0. The van der Waals surface area contributed by atoms with Crippen molar-refractivity contribution in [1.82, 2.24) is 19.9 Å². The van der Waals surface area contributed by atoms with Crippen molar-refractivity contribution in [1.29, 1.82) is 15.8 Å². The van der Waals surface area contributed by atoms with Gasteiger partial charge in [0.25, 0.3) is 5.70 Å². The van der Waals surface area contributed by atoms with Crippen LogP contribution in [-0.4, -0.2) is 91.2 Å². The van der Waals surface area contributed by atoms with E-state index in [-0.39, 0.29) is 43.6 Å². The molecule has 0 radical (unpaired) electrons. The van der Waals surface area contributed by atoms with Crippen molar-refractivity contribution in [3.8, 4) is 41.2 Å². The smallest absolute Gasteiger partial charge is 0.346 e. The number of nitrogens with zero attached hydrogens (tertiary/aromatic N) is 8. The lowest BCUT2D eigenvalue weighted by Crippen LogP contribution is -2.25. The van der Waals surface area contributed by atoms with Gasteiger partial charge in [-0.1, -0.05) is 168 Å². The van der Waals surface area contributed by atoms with Crippen molar-refractivity contribution in [3.05, 3.63) is 438 Å². The fourth-order valence-electron chi connectivity index (χ4n) is 17.5. The summed E-state index contributed by atoms with van der Waals surface area (Å²) in [5.41, 5.74) is 17.4. The molecule has 0 aliphatic carbocycles. The number of aromatic nitrogens is 4. The van der Waals surface area contributed by atoms with Crippen LogP contribution in [0.3, 0.4) is 0 Å². The van der Waals surface area contributed by atoms with Crippen LogP contribution < -0.4 is 59.9 Å². The number of fused-ring (bicyclic) bond motifs is 16. The van der Waals surface area contributed by atoms with Crippen LogP contribution in [0, 0.1) is 40.6 Å². The summed E-state index contributed by atoms with van der Waals surface area (Å²) in [4.78, 5) is 82.4. The number of aromatic amines is 4. The van der Waals surface area contributed by atoms with Crippen LogP contribution in [0.15, 0.2) is 377 Å². The molecule has 0 unspecified atom stereocenters. The maximum absolute atomic E-state index is 12.0. The summed E-state index contributed by atoms with van der Waals surface area (Å²) in [7, 11) is 0. The molecule has 8 N–H and O–H groups in total. The number of para-hydroxylation sites is 4. The Bertz CT molecular complexity index is 7470. The molecular formula is C112H72N12O12S4. The Labute approximate surface area is 816 Å². The molecule has 0 amide bonds. The SMILES string of the molecule is [C-]#[N+]/C(=C/c1ccc2c(c1)Sc1ccccc1N2COc1ccc(C2=c3ccc([nH]3)=C(c3ccc(OCN4c5ccccc5Sc5cc(/C=C(/C#N)C(=O)O)ccc54)cc3)c3ccc([nH]3)C(c3ccc(OCN4c5ccccc5Sc5cc(/C=C(\C#N)C(=O)O)ccc54)cc3)=c3ccc([nH]3)=C(c3ccc(OCN4c5ccccc5Sc5cc(/C=C(/C#N)C(=O)O)ccc54)cc3)c3ccc2[nH]3)cc1)C(=O)O. The van der Waals surface area contributed by atoms with Crippen LogP contribution in [0.25, 0.3) is 51.4 Å². The summed E-state index contributed by atoms with van der Waals surface area (Å²) < 4.78 is 27.1. The minimum Gasteiger partial charge on any atom is -0.486 e. The van der Waals surface area contributed by atoms with Gasteiger partial charge in [-0.15, -0.1) is 0 Å². The number of nitrogens with one attached hydrogen (secondary N) is 4. The van der Waals surface area contributed by atoms with Crippen LogP contribution in [0.5, 0.6) is 23.0 Å². The number of benzene rings is 12. The lowest BCUT2D eigenvalue weighted by atomic mass is 10.0. The van der Waals surface area contributed by atoms with Crippen LogP contribution in [0.1, 0.15) is 67.3 Å². The van der Waals surface area contributed by atoms with Gasteiger partial charge in [-0.2, -0.15) is 15.8 Å². The van der Waals surface area contributed by atoms with Gasteiger partial charge < -0.3 is 78.9 Å². The van der Waals surface area contributed by atoms with Crippen molar-refractivity contribution in [2.75, 3.05) is 46.5 Å². The Kier molecular flexibility index (Phi) is 24.0. The topological polar surface area (TPSA) is 338 Å². The number of rotatable bonds is 24. The zero-order valence-electron chi connectivity index (χ0n) is 73.4. The maximum Gasteiger partial charge on any atom is 0.346 e. The molecule has 4 aromatic heterocycles. The van der Waals surface area contributed by atoms with Crippen LogP contribution in [0.2, 0.25) is 0 Å². The van der Waals surface area contributed by atoms with Crippen LogP contribution in [0.4, 0.5) is 45.5 Å². The molecule has 12 aromatic carbocycles. The summed E-state index contributed by atoms with van der Waals surface area (Å²) in [6.45, 7) is 7.92. The zero-order chi connectivity index (χ0) is 95.8. The summed E-state index contributed by atoms with van der Waals surface area (Å²) in [6, 6.07) is 108. The molecule has 0 spiro atoms. The van der Waals surface area contributed by atoms with Crippen LogP contribution >= 0.6 is 47.0 Å². The molecule has 21 rings (SSSR count). The third-order valence-corrected chi connectivity index (χ3v) is 28.6. The Morgan fingerprint density at radius 3 is 0.757 bits per heavy atom. The van der Waals surface area contributed by atoms with E-state index in [0.717, 1.165) is 173 Å². The normalized spacial score (nSPS) is 13.4. The summed E-state index contributed by atoms with van der Waals surface area (Å²) in [6.07, 6.45) is 5.47. The molecule has 5 aliphatic heterocycles. The van der Waals surface area contributed by atoms with E-state index in [0.29, 0.717) is 45.3 Å². The number of aliphatic carboxylic acids is 4. The molecule has 8 bridgehead atoms. The Morgan fingerprint density at radius 1 is 0.293 bits per heavy atom. The molecule has 0 atom stereocenters. The molecule has 16 aromatic rings. The minimum atomic E-state index is -1.31. The van der Waals surface area contributed by atoms with Crippen molar-refractivity contribution < 1.29 is 58.6 Å². The van der Waals surface area contributed by atoms with Crippen molar-refractivity contribution >= 4 is 163 Å². The first-order chi connectivity index (χ1) is 68.4. The largest absolute Gasteiger partial charge is 0.486 e. The first kappa shape index (κ1) is 88.4. The van der Waals surface area contributed by atoms with Gasteiger partial charge in [0.1, 0.15) is 57.9 Å². The highest BCUT2D eigenvalue weighted by Gasteiger charge is 2.32. The number of H-pyrrole nitrogens is 4. The van der Waals surface area contributed by atoms with E-state index in [4.69, 9.17) is 25.5 Å². The number of hydrogen-bond acceptors (Lipinski definition) is 19. The van der Waals surface area contributed by atoms with E-state index >= 15 is 0 Å². The fourth-order valence-corrected chi connectivity index (χ4v) is 22.1. The Balaban J connectivity index is 0.678. The summed E-state index contributed by atoms with van der Waals surface area (Å²) in [5.74, 6) is -2.93. The minimum absolute atomic E-state index is 0.101. The lowest BCUT2D eigenvalue weighted by molar-refractivity contribution is -0.133. The van der Waals surface area contributed by atoms with E-state index in [1.165, 1.54) is 24.3 Å². The van der Waals surface area contributed by atoms with E-state index < -0.39 is 29.6 Å². The highest BCUT2D eigenvalue weighted by atomic mass is 32.2. The molecule has 140 heavy (non-hydrogen) atoms. The third-order valence-electron chi connectivity index (χ3n) is 24.1. The second-order valence-electron chi connectivity index (χ2n) is 32.6. The number of carboxylic acid groups (broad SMARTS) is 4. The predicted octanol–water partition coefficient (Wildman–Crippen LogP) is 21.2. The molecule has 5 aliphatic rings. The average Bonchev–Trinajstić information content (AvgIpc) is 1.69. The molecule has 0 fully saturated rings. The van der Waals surface area contributed by atoms with Gasteiger partial charge in [-0.05, 0) is 263 Å². The predicted molar refractivity (Wildman–Crippen MR) is 538 cm³/mol. The molecule has 676 valence electrons. The van der Waals surface area contributed by atoms with Gasteiger partial charge in [0.05, 0.1) is 52.1 Å². The first-order valence-corrected chi connectivity index (χ1v) is 47.0. The van der Waals surface area contributed by atoms with E-state index in [1.54, 1.807) is 89.5 Å². The zero-order valence-corrected chi connectivity index (χ0v) is 76.7. The highest BCUT2D eigenvalue weighted by Crippen LogP contribution is 2.54. The molecule has 28 heteroatoms. The summed E-state index contributed by atoms with van der Waals surface area (Å²) in [5, 5.41) is 71.0. The summed E-state index contributed by atoms with van der Waals surface area (Å²) >= 11 is 6.19. The molecular weight excluding hydrogens is 1830 g/mol. The van der Waals surface area contributed by atoms with Gasteiger partial charge in [0, 0.05) is 106 Å². The van der Waals surface area contributed by atoms with Gasteiger partial charge in [-0.3, -0.25) is 4.79 Å². The standard InChI is InChI=1S/C112H72N12O12S4/c1-116-88(112(131)132)53-68-21-49-96-104(57-68)140-100-17-9-5-13-92(100)124(96)64-136-79-36-28-72(29-37-79)108-86-44-42-84(119-86)106(70-24-32-77(33-25-70)134-62-122-90-11-3-7-15-98(90)138-102-55-66(19-47-94(102)122)51-74(59-114)110(127)128)82-40-38-80(117-82)105(69-22-30-76(31-23-69)133-61-121-89-10-2-6-14-97(89)137-101-54-65(18-46-93(101)121)50-73(58-113)109(125)126)81-39-41-83(118-81)107(85-43-45-87(108)120-85)71-26-34-78(35-27-71)135-63-123-91-12-4-8-16-99(91)139-103-56-67(20-48-95(103)123)52-75(60-115)111(129)130/h2-57,117-120H,61-64H2,(H,125,126)(H,127,128)(H,129,130)(H,131,132)/b73-50+,74-51-,75-52-,88-53+,105-80?,105-81?,106-82?,106-84?,107-83?,107-85?,108-86?,108-87?. The Morgan fingerprint density at radius 2 is 0.529 bits per heavy atom. The van der Waals surface area contributed by atoms with Crippen molar-refractivity contribution in [3.63, 3.8) is 0 Å². The first-order valence-electron chi connectivity index (χ1n) is 43.7. The number of hydrogen-bond donors (Lipinski definition) is 8. The van der Waals surface area contributed by atoms with E-state index in [1.807, 2.05) is 243 Å². The lowest BCUT2D eigenvalue weighted by Gasteiger charge is -2.32. The quantitative estimate of drug-likeness (QED) is 0.0158. The van der Waals surface area contributed by atoms with E-state index in [9.17, 15) is 55.4 Å². The molecule has 0 saturated carbocycles. The number of carboxylic acids is 4. The van der Waals surface area contributed by atoms with Crippen molar-refractivity contribution in [2.24, 2.45) is 0 Å². The van der Waals surface area contributed by atoms with Crippen molar-refractivity contribution in [2.45, 2.75) is 39.2 Å². The van der Waals surface area contributed by atoms with E-state index in [2.05, 4.69) is 92.9 Å². The molecule has 24 nitrogen and oxygen atoms in total. The number of anilines is 8. The van der Waals surface area contributed by atoms with Gasteiger partial charge in [-0.25, -0.2) is 19.2 Å². The average molecular weight is 1910 g/mol. The Hall–Kier alpha value is -18.2. The second kappa shape index (κ2) is 38.0. The van der Waals surface area contributed by atoms with Crippen LogP contribution in [-0.2, 0) is 19.2 Å². The second-order valence-corrected chi connectivity index (χ2v) is 36.9. The molecule has 0 saturated heterocycles. The highest BCUT2D eigenvalue weighted by molar-refractivity contribution is 8.00. The monoisotopic (exact) mass is 1900 g/mol. The third kappa shape index (κ3) is 17.6. The number of carbonyl (C=O) groups is 4. The van der Waals surface area contributed by atoms with Gasteiger partial charge >= 0.3 is 23.9 Å². The van der Waals surface area contributed by atoms with Gasteiger partial charge in [0.2, 0.25) is 0 Å². The molecule has 9 heterocycles. The number of ether oxygens (including phenoxy) is 4.